The zero-order valence-electron chi connectivity index (χ0n) is 17.6. The third-order valence-corrected chi connectivity index (χ3v) is 5.60. The molecule has 0 spiro atoms. The molecule has 0 bridgehead atoms. The van der Waals surface area contributed by atoms with Gasteiger partial charge >= 0.3 is 0 Å². The Morgan fingerprint density at radius 2 is 1.94 bits per heavy atom. The number of rotatable bonds is 10. The maximum atomic E-state index is 13.3. The number of aliphatic hydroxyl groups is 1. The fraction of sp³-hybridized carbons (Fsp3) is 0.435. The van der Waals surface area contributed by atoms with E-state index in [-0.39, 0.29) is 24.6 Å². The van der Waals surface area contributed by atoms with Gasteiger partial charge in [0.25, 0.3) is 0 Å². The van der Waals surface area contributed by atoms with E-state index in [1.165, 1.54) is 12.1 Å². The summed E-state index contributed by atoms with van der Waals surface area (Å²) in [7, 11) is 0. The molecule has 3 rings (SSSR count). The Morgan fingerprint density at radius 3 is 2.61 bits per heavy atom. The second-order valence-corrected chi connectivity index (χ2v) is 8.77. The summed E-state index contributed by atoms with van der Waals surface area (Å²) >= 11 is 12.1. The zero-order chi connectivity index (χ0) is 22.4. The number of hydrogen-bond donors (Lipinski definition) is 1. The number of oxime groups is 1. The normalized spacial score (nSPS) is 17.2. The molecule has 0 aliphatic carbocycles. The van der Waals surface area contributed by atoms with Gasteiger partial charge in [-0.2, -0.15) is 0 Å². The molecule has 1 N–H and O–H groups in total. The molecular formula is C23H27Cl2FN2O3. The van der Waals surface area contributed by atoms with Crippen molar-refractivity contribution >= 4 is 28.9 Å². The van der Waals surface area contributed by atoms with Gasteiger partial charge in [0.1, 0.15) is 11.9 Å². The van der Waals surface area contributed by atoms with E-state index in [0.29, 0.717) is 36.1 Å². The van der Waals surface area contributed by atoms with E-state index < -0.39 is 6.10 Å². The van der Waals surface area contributed by atoms with Gasteiger partial charge in [0, 0.05) is 31.6 Å². The standard InChI is InChI=1S/C23H27Cl2FN2O3/c1-15(2)30-14-19(29)12-28(11-16-3-6-18(26)7-4-16)13-20-10-23(27-31-20)17-5-8-21(24)22(25)9-17/h3-9,15,19-20,29H,10-14H2,1-2H3/t19-,20+/m0/s1. The van der Waals surface area contributed by atoms with Crippen LogP contribution in [0.5, 0.6) is 0 Å². The SMILES string of the molecule is CC(C)OC[C@@H](O)CN(Cc1ccc(F)cc1)C[C@H]1CC(c2ccc(Cl)c(Cl)c2)=NO1. The van der Waals surface area contributed by atoms with Gasteiger partial charge in [0.15, 0.2) is 0 Å². The maximum Gasteiger partial charge on any atom is 0.145 e. The van der Waals surface area contributed by atoms with Crippen LogP contribution in [-0.4, -0.2) is 53.7 Å². The van der Waals surface area contributed by atoms with Crippen LogP contribution in [-0.2, 0) is 16.1 Å². The van der Waals surface area contributed by atoms with E-state index in [2.05, 4.69) is 10.1 Å². The summed E-state index contributed by atoms with van der Waals surface area (Å²) in [5.74, 6) is -0.278. The van der Waals surface area contributed by atoms with Crippen LogP contribution in [0, 0.1) is 5.82 Å². The highest BCUT2D eigenvalue weighted by Crippen LogP contribution is 2.26. The molecule has 0 radical (unpaired) electrons. The Kier molecular flexibility index (Phi) is 8.69. The van der Waals surface area contributed by atoms with Crippen LogP contribution in [0.25, 0.3) is 0 Å². The van der Waals surface area contributed by atoms with E-state index in [4.69, 9.17) is 32.8 Å². The van der Waals surface area contributed by atoms with E-state index in [0.717, 1.165) is 16.8 Å². The summed E-state index contributed by atoms with van der Waals surface area (Å²) in [6, 6.07) is 11.7. The van der Waals surface area contributed by atoms with Crippen molar-refractivity contribution in [3.63, 3.8) is 0 Å². The van der Waals surface area contributed by atoms with E-state index in [9.17, 15) is 9.50 Å². The van der Waals surface area contributed by atoms with Gasteiger partial charge in [0.05, 0.1) is 34.6 Å². The largest absolute Gasteiger partial charge is 0.390 e. The summed E-state index contributed by atoms with van der Waals surface area (Å²) in [6.45, 7) is 5.58. The Balaban J connectivity index is 1.63. The van der Waals surface area contributed by atoms with Crippen molar-refractivity contribution in [2.45, 2.75) is 45.1 Å². The average Bonchev–Trinajstić information content (AvgIpc) is 3.18. The Bertz CT molecular complexity index is 893. The second-order valence-electron chi connectivity index (χ2n) is 7.95. The first-order valence-electron chi connectivity index (χ1n) is 10.2. The van der Waals surface area contributed by atoms with Gasteiger partial charge in [-0.15, -0.1) is 0 Å². The topological polar surface area (TPSA) is 54.3 Å². The van der Waals surface area contributed by atoms with Crippen LogP contribution < -0.4 is 0 Å². The molecule has 0 saturated carbocycles. The predicted octanol–water partition coefficient (Wildman–Crippen LogP) is 4.91. The number of halogens is 3. The van der Waals surface area contributed by atoms with Crippen molar-refractivity contribution in [1.82, 2.24) is 4.90 Å². The Morgan fingerprint density at radius 1 is 1.19 bits per heavy atom. The third kappa shape index (κ3) is 7.44. The lowest BCUT2D eigenvalue weighted by Gasteiger charge is -2.27. The second kappa shape index (κ2) is 11.2. The first-order valence-corrected chi connectivity index (χ1v) is 11.0. The molecule has 0 unspecified atom stereocenters. The number of aliphatic hydroxyl groups excluding tert-OH is 1. The highest BCUT2D eigenvalue weighted by molar-refractivity contribution is 6.42. The average molecular weight is 469 g/mol. The van der Waals surface area contributed by atoms with Crippen LogP contribution in [0.4, 0.5) is 4.39 Å². The van der Waals surface area contributed by atoms with Gasteiger partial charge in [-0.1, -0.05) is 46.6 Å². The number of hydrogen-bond acceptors (Lipinski definition) is 5. The molecule has 8 heteroatoms. The van der Waals surface area contributed by atoms with Crippen LogP contribution in [0.1, 0.15) is 31.4 Å². The smallest absolute Gasteiger partial charge is 0.145 e. The van der Waals surface area contributed by atoms with Gasteiger partial charge in [0.2, 0.25) is 0 Å². The van der Waals surface area contributed by atoms with Crippen LogP contribution in [0.3, 0.4) is 0 Å². The highest BCUT2D eigenvalue weighted by Gasteiger charge is 2.26. The van der Waals surface area contributed by atoms with Crippen molar-refractivity contribution in [1.29, 1.82) is 0 Å². The van der Waals surface area contributed by atoms with Crippen LogP contribution in [0.2, 0.25) is 10.0 Å². The van der Waals surface area contributed by atoms with E-state index >= 15 is 0 Å². The molecule has 0 aromatic heterocycles. The third-order valence-electron chi connectivity index (χ3n) is 4.86. The molecule has 1 aliphatic heterocycles. The molecule has 2 aromatic carbocycles. The van der Waals surface area contributed by atoms with Crippen molar-refractivity contribution in [2.75, 3.05) is 19.7 Å². The lowest BCUT2D eigenvalue weighted by atomic mass is 10.0. The minimum atomic E-state index is -0.653. The summed E-state index contributed by atoms with van der Waals surface area (Å²) in [5, 5.41) is 15.6. The molecule has 0 amide bonds. The van der Waals surface area contributed by atoms with Crippen molar-refractivity contribution in [3.05, 3.63) is 69.5 Å². The minimum Gasteiger partial charge on any atom is -0.390 e. The van der Waals surface area contributed by atoms with Crippen molar-refractivity contribution in [3.8, 4) is 0 Å². The zero-order valence-corrected chi connectivity index (χ0v) is 19.1. The minimum absolute atomic E-state index is 0.0422. The summed E-state index contributed by atoms with van der Waals surface area (Å²) in [4.78, 5) is 7.72. The quantitative estimate of drug-likeness (QED) is 0.537. The van der Waals surface area contributed by atoms with E-state index in [1.54, 1.807) is 24.3 Å². The molecule has 0 fully saturated rings. The van der Waals surface area contributed by atoms with Crippen LogP contribution >= 0.6 is 23.2 Å². The molecule has 2 atom stereocenters. The van der Waals surface area contributed by atoms with Gasteiger partial charge in [-0.25, -0.2) is 4.39 Å². The molecule has 0 saturated heterocycles. The van der Waals surface area contributed by atoms with Crippen molar-refractivity contribution < 1.29 is 19.1 Å². The molecule has 168 valence electrons. The number of ether oxygens (including phenoxy) is 1. The molecule has 1 aliphatic rings. The molecule has 1 heterocycles. The van der Waals surface area contributed by atoms with Gasteiger partial charge < -0.3 is 14.7 Å². The fourth-order valence-corrected chi connectivity index (χ4v) is 3.66. The lowest BCUT2D eigenvalue weighted by Crippen LogP contribution is -2.39. The first-order chi connectivity index (χ1) is 14.8. The van der Waals surface area contributed by atoms with Gasteiger partial charge in [-0.05, 0) is 43.7 Å². The summed E-state index contributed by atoms with van der Waals surface area (Å²) in [5.41, 5.74) is 2.61. The van der Waals surface area contributed by atoms with E-state index in [1.807, 2.05) is 19.9 Å². The maximum absolute atomic E-state index is 13.3. The predicted molar refractivity (Wildman–Crippen MR) is 121 cm³/mol. The Labute approximate surface area is 192 Å². The first kappa shape index (κ1) is 24.0. The Hall–Kier alpha value is -1.70. The lowest BCUT2D eigenvalue weighted by molar-refractivity contribution is -0.0194. The number of nitrogens with zero attached hydrogens (tertiary/aromatic N) is 2. The molecule has 31 heavy (non-hydrogen) atoms. The molecule has 5 nitrogen and oxygen atoms in total. The molecular weight excluding hydrogens is 442 g/mol. The van der Waals surface area contributed by atoms with Crippen molar-refractivity contribution in [2.24, 2.45) is 5.16 Å². The van der Waals surface area contributed by atoms with Gasteiger partial charge in [-0.3, -0.25) is 4.90 Å². The monoisotopic (exact) mass is 468 g/mol. The van der Waals surface area contributed by atoms with Crippen LogP contribution in [0.15, 0.2) is 47.6 Å². The number of benzene rings is 2. The highest BCUT2D eigenvalue weighted by atomic mass is 35.5. The summed E-state index contributed by atoms with van der Waals surface area (Å²) < 4.78 is 18.8. The molecule has 2 aromatic rings. The fourth-order valence-electron chi connectivity index (χ4n) is 3.37. The summed E-state index contributed by atoms with van der Waals surface area (Å²) in [6.07, 6.45) is -0.181.